The van der Waals surface area contributed by atoms with Crippen LogP contribution in [0.5, 0.6) is 11.5 Å². The van der Waals surface area contributed by atoms with Gasteiger partial charge in [0.15, 0.2) is 16.6 Å². The van der Waals surface area contributed by atoms with Crippen LogP contribution in [-0.2, 0) is 0 Å². The van der Waals surface area contributed by atoms with E-state index in [1.165, 1.54) is 23.5 Å². The van der Waals surface area contributed by atoms with Gasteiger partial charge in [-0.15, -0.1) is 11.3 Å². The van der Waals surface area contributed by atoms with E-state index in [9.17, 15) is 10.2 Å². The van der Waals surface area contributed by atoms with E-state index >= 15 is 0 Å². The van der Waals surface area contributed by atoms with E-state index in [2.05, 4.69) is 10.3 Å². The monoisotopic (exact) mass is 250 g/mol. The third-order valence-corrected chi connectivity index (χ3v) is 2.96. The average Bonchev–Trinajstić information content (AvgIpc) is 2.69. The molecule has 1 heterocycles. The molecule has 0 radical (unpaired) electrons. The van der Waals surface area contributed by atoms with E-state index in [1.807, 2.05) is 19.2 Å². The van der Waals surface area contributed by atoms with Crippen molar-refractivity contribution in [3.63, 3.8) is 0 Å². The van der Waals surface area contributed by atoms with Crippen LogP contribution in [0.15, 0.2) is 23.6 Å². The van der Waals surface area contributed by atoms with Crippen molar-refractivity contribution >= 4 is 16.5 Å². The number of phenols is 2. The molecule has 0 saturated carbocycles. The van der Waals surface area contributed by atoms with Crippen molar-refractivity contribution in [2.24, 2.45) is 0 Å². The van der Waals surface area contributed by atoms with E-state index in [0.29, 0.717) is 6.04 Å². The maximum atomic E-state index is 9.42. The molecule has 5 heteroatoms. The molecule has 90 valence electrons. The van der Waals surface area contributed by atoms with Gasteiger partial charge < -0.3 is 15.5 Å². The van der Waals surface area contributed by atoms with Gasteiger partial charge in [-0.25, -0.2) is 4.98 Å². The summed E-state index contributed by atoms with van der Waals surface area (Å²) in [5.74, 6) is -0.252. The summed E-state index contributed by atoms with van der Waals surface area (Å²) in [6, 6.07) is 5.02. The molecule has 0 saturated heterocycles. The molecule has 4 nitrogen and oxygen atoms in total. The molecular weight excluding hydrogens is 236 g/mol. The second kappa shape index (κ2) is 4.63. The lowest BCUT2D eigenvalue weighted by atomic mass is 10.1. The zero-order valence-electron chi connectivity index (χ0n) is 9.64. The van der Waals surface area contributed by atoms with Crippen molar-refractivity contribution in [2.75, 3.05) is 5.32 Å². The first kappa shape index (κ1) is 11.7. The molecular formula is C12H14N2O2S. The summed E-state index contributed by atoms with van der Waals surface area (Å²) >= 11 is 1.52. The second-order valence-electron chi connectivity index (χ2n) is 4.04. The van der Waals surface area contributed by atoms with E-state index in [-0.39, 0.29) is 11.5 Å². The van der Waals surface area contributed by atoms with Gasteiger partial charge in [0.05, 0.1) is 5.69 Å². The molecule has 0 unspecified atom stereocenters. The lowest BCUT2D eigenvalue weighted by Gasteiger charge is -2.04. The summed E-state index contributed by atoms with van der Waals surface area (Å²) < 4.78 is 0. The van der Waals surface area contributed by atoms with Gasteiger partial charge in [0.1, 0.15) is 0 Å². The summed E-state index contributed by atoms with van der Waals surface area (Å²) in [4.78, 5) is 4.41. The van der Waals surface area contributed by atoms with Gasteiger partial charge in [-0.05, 0) is 32.0 Å². The first-order valence-corrected chi connectivity index (χ1v) is 6.18. The van der Waals surface area contributed by atoms with Crippen LogP contribution in [-0.4, -0.2) is 21.2 Å². The Labute approximate surface area is 104 Å². The predicted octanol–water partition coefficient (Wildman–Crippen LogP) is 3.04. The third-order valence-electron chi connectivity index (χ3n) is 2.19. The maximum absolute atomic E-state index is 9.42. The first-order valence-electron chi connectivity index (χ1n) is 5.30. The average molecular weight is 250 g/mol. The second-order valence-corrected chi connectivity index (χ2v) is 4.90. The van der Waals surface area contributed by atoms with Crippen LogP contribution in [0.2, 0.25) is 0 Å². The van der Waals surface area contributed by atoms with Gasteiger partial charge in [-0.1, -0.05) is 0 Å². The van der Waals surface area contributed by atoms with E-state index in [0.717, 1.165) is 16.4 Å². The van der Waals surface area contributed by atoms with Crippen LogP contribution in [0.3, 0.4) is 0 Å². The molecule has 0 atom stereocenters. The largest absolute Gasteiger partial charge is 0.504 e. The third kappa shape index (κ3) is 2.68. The van der Waals surface area contributed by atoms with E-state index in [4.69, 9.17) is 0 Å². The summed E-state index contributed by atoms with van der Waals surface area (Å²) in [6.45, 7) is 4.10. The number of nitrogens with one attached hydrogen (secondary N) is 1. The fourth-order valence-electron chi connectivity index (χ4n) is 1.40. The highest BCUT2D eigenvalue weighted by Crippen LogP contribution is 2.32. The number of phenolic OH excluding ortho intramolecular Hbond substituents is 2. The molecule has 0 aliphatic heterocycles. The van der Waals surface area contributed by atoms with Crippen LogP contribution in [0, 0.1) is 0 Å². The standard InChI is InChI=1S/C12H14N2O2S/c1-7(2)13-12-14-9(6-17-12)8-3-4-10(15)11(16)5-8/h3-7,15-16H,1-2H3,(H,13,14). The zero-order chi connectivity index (χ0) is 12.4. The minimum absolute atomic E-state index is 0.121. The topological polar surface area (TPSA) is 65.4 Å². The maximum Gasteiger partial charge on any atom is 0.183 e. The van der Waals surface area contributed by atoms with Gasteiger partial charge in [0, 0.05) is 17.0 Å². The van der Waals surface area contributed by atoms with Crippen molar-refractivity contribution in [1.82, 2.24) is 4.98 Å². The number of hydrogen-bond donors (Lipinski definition) is 3. The number of rotatable bonds is 3. The van der Waals surface area contributed by atoms with Crippen molar-refractivity contribution in [3.05, 3.63) is 23.6 Å². The molecule has 0 aliphatic carbocycles. The number of nitrogens with zero attached hydrogens (tertiary/aromatic N) is 1. The van der Waals surface area contributed by atoms with Crippen LogP contribution < -0.4 is 5.32 Å². The number of benzene rings is 1. The Morgan fingerprint density at radius 2 is 2.00 bits per heavy atom. The van der Waals surface area contributed by atoms with Crippen LogP contribution in [0.25, 0.3) is 11.3 Å². The van der Waals surface area contributed by atoms with Crippen molar-refractivity contribution < 1.29 is 10.2 Å². The zero-order valence-corrected chi connectivity index (χ0v) is 10.5. The lowest BCUT2D eigenvalue weighted by Crippen LogP contribution is -2.08. The molecule has 0 amide bonds. The highest BCUT2D eigenvalue weighted by molar-refractivity contribution is 7.14. The SMILES string of the molecule is CC(C)Nc1nc(-c2ccc(O)c(O)c2)cs1. The Balaban J connectivity index is 2.27. The van der Waals surface area contributed by atoms with Crippen LogP contribution >= 0.6 is 11.3 Å². The van der Waals surface area contributed by atoms with Crippen LogP contribution in [0.1, 0.15) is 13.8 Å². The molecule has 1 aromatic heterocycles. The molecule has 3 N–H and O–H groups in total. The normalized spacial score (nSPS) is 10.8. The number of aromatic hydroxyl groups is 2. The molecule has 0 aliphatic rings. The van der Waals surface area contributed by atoms with Crippen LogP contribution in [0.4, 0.5) is 5.13 Å². The van der Waals surface area contributed by atoms with Gasteiger partial charge in [-0.2, -0.15) is 0 Å². The lowest BCUT2D eigenvalue weighted by molar-refractivity contribution is 0.404. The minimum Gasteiger partial charge on any atom is -0.504 e. The van der Waals surface area contributed by atoms with Gasteiger partial charge >= 0.3 is 0 Å². The van der Waals surface area contributed by atoms with Gasteiger partial charge in [-0.3, -0.25) is 0 Å². The number of anilines is 1. The minimum atomic E-state index is -0.131. The van der Waals surface area contributed by atoms with Crippen molar-refractivity contribution in [2.45, 2.75) is 19.9 Å². The summed E-state index contributed by atoms with van der Waals surface area (Å²) in [5, 5.41) is 24.6. The van der Waals surface area contributed by atoms with Gasteiger partial charge in [0.2, 0.25) is 0 Å². The van der Waals surface area contributed by atoms with E-state index in [1.54, 1.807) is 6.07 Å². The first-order chi connectivity index (χ1) is 8.06. The van der Waals surface area contributed by atoms with Crippen molar-refractivity contribution in [1.29, 1.82) is 0 Å². The number of hydrogen-bond acceptors (Lipinski definition) is 5. The molecule has 0 bridgehead atoms. The fraction of sp³-hybridized carbons (Fsp3) is 0.250. The predicted molar refractivity (Wildman–Crippen MR) is 69.6 cm³/mol. The van der Waals surface area contributed by atoms with Crippen molar-refractivity contribution in [3.8, 4) is 22.8 Å². The Hall–Kier alpha value is -1.75. The number of thiazole rings is 1. The molecule has 1 aromatic carbocycles. The fourth-order valence-corrected chi connectivity index (χ4v) is 2.27. The molecule has 17 heavy (non-hydrogen) atoms. The molecule has 2 aromatic rings. The summed E-state index contributed by atoms with van der Waals surface area (Å²) in [5.41, 5.74) is 1.57. The Morgan fingerprint density at radius 1 is 1.24 bits per heavy atom. The Kier molecular flexibility index (Phi) is 3.19. The number of aromatic nitrogens is 1. The Bertz CT molecular complexity index is 523. The van der Waals surface area contributed by atoms with Gasteiger partial charge in [0.25, 0.3) is 0 Å². The highest BCUT2D eigenvalue weighted by atomic mass is 32.1. The van der Waals surface area contributed by atoms with E-state index < -0.39 is 0 Å². The molecule has 0 fully saturated rings. The molecule has 0 spiro atoms. The molecule has 2 rings (SSSR count). The summed E-state index contributed by atoms with van der Waals surface area (Å²) in [7, 11) is 0. The summed E-state index contributed by atoms with van der Waals surface area (Å²) in [6.07, 6.45) is 0. The smallest absolute Gasteiger partial charge is 0.183 e. The highest BCUT2D eigenvalue weighted by Gasteiger charge is 2.07. The quantitative estimate of drug-likeness (QED) is 0.732. The Morgan fingerprint density at radius 3 is 2.65 bits per heavy atom.